The molecular formula is C12H16BrClN2O2S. The van der Waals surface area contributed by atoms with E-state index in [0.29, 0.717) is 27.8 Å². The minimum atomic E-state index is -3.42. The van der Waals surface area contributed by atoms with Gasteiger partial charge in [0.1, 0.15) is 0 Å². The molecule has 1 aromatic carbocycles. The third-order valence-electron chi connectivity index (χ3n) is 2.98. The Labute approximate surface area is 127 Å². The first-order valence-electron chi connectivity index (χ1n) is 6.08. The molecule has 1 fully saturated rings. The van der Waals surface area contributed by atoms with Crippen LogP contribution in [-0.4, -0.2) is 26.3 Å². The molecule has 2 N–H and O–H groups in total. The maximum Gasteiger partial charge on any atom is 0.236 e. The van der Waals surface area contributed by atoms with Crippen molar-refractivity contribution in [1.82, 2.24) is 5.32 Å². The lowest BCUT2D eigenvalue weighted by atomic mass is 10.3. The van der Waals surface area contributed by atoms with E-state index >= 15 is 0 Å². The van der Waals surface area contributed by atoms with Gasteiger partial charge in [-0.05, 0) is 53.9 Å². The highest BCUT2D eigenvalue weighted by Crippen LogP contribution is 2.27. The molecule has 1 atom stereocenters. The highest BCUT2D eigenvalue weighted by atomic mass is 79.9. The fourth-order valence-corrected chi connectivity index (χ4v) is 3.20. The lowest BCUT2D eigenvalue weighted by Crippen LogP contribution is -2.35. The molecule has 1 unspecified atom stereocenters. The Kier molecular flexibility index (Phi) is 4.76. The number of rotatable bonds is 6. The maximum absolute atomic E-state index is 12.2. The average molecular weight is 368 g/mol. The standard InChI is InChI=1S/C12H16BrClN2O2S/c1-8(7-15-10-3-4-10)19(17,18)16-12-6-9(14)2-5-11(12)13/h2,5-6,8,10,15-16H,3-4,7H2,1H3. The second-order valence-electron chi connectivity index (χ2n) is 4.76. The largest absolute Gasteiger partial charge is 0.313 e. The third kappa shape index (κ3) is 4.34. The van der Waals surface area contributed by atoms with Gasteiger partial charge >= 0.3 is 0 Å². The van der Waals surface area contributed by atoms with Crippen LogP contribution in [0.25, 0.3) is 0 Å². The number of sulfonamides is 1. The number of halogens is 2. The van der Waals surface area contributed by atoms with Crippen molar-refractivity contribution < 1.29 is 8.42 Å². The number of anilines is 1. The molecule has 19 heavy (non-hydrogen) atoms. The van der Waals surface area contributed by atoms with Crippen LogP contribution in [0.3, 0.4) is 0 Å². The van der Waals surface area contributed by atoms with Crippen LogP contribution in [0, 0.1) is 0 Å². The first-order valence-corrected chi connectivity index (χ1v) is 8.80. The Morgan fingerprint density at radius 1 is 1.47 bits per heavy atom. The number of nitrogens with one attached hydrogen (secondary N) is 2. The van der Waals surface area contributed by atoms with Crippen molar-refractivity contribution in [3.8, 4) is 0 Å². The molecule has 0 radical (unpaired) electrons. The van der Waals surface area contributed by atoms with Gasteiger partial charge in [-0.3, -0.25) is 4.72 Å². The van der Waals surface area contributed by atoms with Gasteiger partial charge in [0.2, 0.25) is 10.0 Å². The first kappa shape index (κ1) is 15.1. The molecule has 0 heterocycles. The minimum Gasteiger partial charge on any atom is -0.313 e. The summed E-state index contributed by atoms with van der Waals surface area (Å²) in [5.74, 6) is 0. The van der Waals surface area contributed by atoms with E-state index in [4.69, 9.17) is 11.6 Å². The van der Waals surface area contributed by atoms with Gasteiger partial charge in [-0.1, -0.05) is 11.6 Å². The van der Waals surface area contributed by atoms with Crippen LogP contribution in [0.4, 0.5) is 5.69 Å². The highest BCUT2D eigenvalue weighted by molar-refractivity contribution is 9.10. The summed E-state index contributed by atoms with van der Waals surface area (Å²) in [6.07, 6.45) is 2.28. The van der Waals surface area contributed by atoms with Gasteiger partial charge in [-0.25, -0.2) is 8.42 Å². The molecule has 1 saturated carbocycles. The van der Waals surface area contributed by atoms with Crippen molar-refractivity contribution in [2.45, 2.75) is 31.1 Å². The van der Waals surface area contributed by atoms with Crippen LogP contribution < -0.4 is 10.0 Å². The normalized spacial score (nSPS) is 17.2. The third-order valence-corrected chi connectivity index (χ3v) is 5.64. The summed E-state index contributed by atoms with van der Waals surface area (Å²) >= 11 is 9.17. The fourth-order valence-electron chi connectivity index (χ4n) is 1.56. The van der Waals surface area contributed by atoms with Gasteiger partial charge < -0.3 is 5.32 Å². The molecule has 7 heteroatoms. The van der Waals surface area contributed by atoms with Gasteiger partial charge in [0.15, 0.2) is 0 Å². The van der Waals surface area contributed by atoms with Crippen molar-refractivity contribution in [3.63, 3.8) is 0 Å². The lowest BCUT2D eigenvalue weighted by Gasteiger charge is -2.16. The van der Waals surface area contributed by atoms with Gasteiger partial charge in [0.25, 0.3) is 0 Å². The quantitative estimate of drug-likeness (QED) is 0.812. The van der Waals surface area contributed by atoms with E-state index < -0.39 is 15.3 Å². The van der Waals surface area contributed by atoms with Crippen molar-refractivity contribution in [1.29, 1.82) is 0 Å². The minimum absolute atomic E-state index is 0.457. The lowest BCUT2D eigenvalue weighted by molar-refractivity contribution is 0.576. The van der Waals surface area contributed by atoms with Crippen LogP contribution in [0.15, 0.2) is 22.7 Å². The molecule has 0 spiro atoms. The molecule has 1 aliphatic rings. The molecule has 0 amide bonds. The van der Waals surface area contributed by atoms with Gasteiger partial charge in [-0.2, -0.15) is 0 Å². The van der Waals surface area contributed by atoms with E-state index in [1.807, 2.05) is 0 Å². The molecule has 1 aliphatic carbocycles. The van der Waals surface area contributed by atoms with Crippen LogP contribution in [-0.2, 0) is 10.0 Å². The second kappa shape index (κ2) is 5.99. The summed E-state index contributed by atoms with van der Waals surface area (Å²) in [5.41, 5.74) is 0.464. The Bertz CT molecular complexity index is 561. The molecule has 2 rings (SSSR count). The molecule has 0 saturated heterocycles. The highest BCUT2D eigenvalue weighted by Gasteiger charge is 2.26. The Morgan fingerprint density at radius 3 is 2.79 bits per heavy atom. The summed E-state index contributed by atoms with van der Waals surface area (Å²) in [4.78, 5) is 0. The number of hydrogen-bond acceptors (Lipinski definition) is 3. The predicted octanol–water partition coefficient (Wildman–Crippen LogP) is 2.98. The van der Waals surface area contributed by atoms with Crippen LogP contribution in [0.1, 0.15) is 19.8 Å². The van der Waals surface area contributed by atoms with E-state index in [2.05, 4.69) is 26.0 Å². The van der Waals surface area contributed by atoms with E-state index in [1.54, 1.807) is 25.1 Å². The van der Waals surface area contributed by atoms with E-state index in [1.165, 1.54) is 0 Å². The van der Waals surface area contributed by atoms with Crippen molar-refractivity contribution in [2.24, 2.45) is 0 Å². The van der Waals surface area contributed by atoms with Gasteiger partial charge in [0, 0.05) is 22.1 Å². The van der Waals surface area contributed by atoms with Crippen molar-refractivity contribution >= 4 is 43.2 Å². The maximum atomic E-state index is 12.2. The summed E-state index contributed by atoms with van der Waals surface area (Å²) in [7, 11) is -3.42. The van der Waals surface area contributed by atoms with Gasteiger partial charge in [0.05, 0.1) is 10.9 Å². The zero-order valence-corrected chi connectivity index (χ0v) is 13.6. The Balaban J connectivity index is 2.04. The van der Waals surface area contributed by atoms with Crippen LogP contribution in [0.5, 0.6) is 0 Å². The zero-order valence-electron chi connectivity index (χ0n) is 10.5. The van der Waals surface area contributed by atoms with Crippen LogP contribution in [0.2, 0.25) is 5.02 Å². The van der Waals surface area contributed by atoms with Crippen molar-refractivity contribution in [2.75, 3.05) is 11.3 Å². The molecular weight excluding hydrogens is 352 g/mol. The van der Waals surface area contributed by atoms with Gasteiger partial charge in [-0.15, -0.1) is 0 Å². The van der Waals surface area contributed by atoms with E-state index in [-0.39, 0.29) is 0 Å². The zero-order chi connectivity index (χ0) is 14.0. The molecule has 0 bridgehead atoms. The molecule has 0 aromatic heterocycles. The first-order chi connectivity index (χ1) is 8.88. The fraction of sp³-hybridized carbons (Fsp3) is 0.500. The van der Waals surface area contributed by atoms with E-state index in [0.717, 1.165) is 12.8 Å². The van der Waals surface area contributed by atoms with Crippen molar-refractivity contribution in [3.05, 3.63) is 27.7 Å². The molecule has 106 valence electrons. The molecule has 1 aromatic rings. The Hall–Kier alpha value is -0.300. The summed E-state index contributed by atoms with van der Waals surface area (Å²) in [6, 6.07) is 5.49. The average Bonchev–Trinajstić information content (AvgIpc) is 3.14. The monoisotopic (exact) mass is 366 g/mol. The predicted molar refractivity (Wildman–Crippen MR) is 82.2 cm³/mol. The summed E-state index contributed by atoms with van der Waals surface area (Å²) in [6.45, 7) is 2.15. The smallest absolute Gasteiger partial charge is 0.236 e. The SMILES string of the molecule is CC(CNC1CC1)S(=O)(=O)Nc1cc(Cl)ccc1Br. The van der Waals surface area contributed by atoms with E-state index in [9.17, 15) is 8.42 Å². The number of benzene rings is 1. The second-order valence-corrected chi connectivity index (χ2v) is 8.15. The summed E-state index contributed by atoms with van der Waals surface area (Å²) < 4.78 is 27.6. The molecule has 0 aliphatic heterocycles. The number of hydrogen-bond donors (Lipinski definition) is 2. The molecule has 4 nitrogen and oxygen atoms in total. The van der Waals surface area contributed by atoms with Crippen LogP contribution >= 0.6 is 27.5 Å². The summed E-state index contributed by atoms with van der Waals surface area (Å²) in [5, 5.41) is 3.21. The Morgan fingerprint density at radius 2 is 2.16 bits per heavy atom. The topological polar surface area (TPSA) is 58.2 Å².